The molecule has 1 aliphatic heterocycles. The molecule has 4 aromatic rings. The second-order valence-corrected chi connectivity index (χ2v) is 8.90. The van der Waals surface area contributed by atoms with E-state index >= 15 is 0 Å². The zero-order chi connectivity index (χ0) is 25.6. The van der Waals surface area contributed by atoms with Crippen molar-refractivity contribution in [3.05, 3.63) is 96.3 Å². The third kappa shape index (κ3) is 5.29. The lowest BCUT2D eigenvalue weighted by molar-refractivity contribution is 0.212. The minimum absolute atomic E-state index is 0.201. The fraction of sp³-hybridized carbons (Fsp3) is 0.241. The molecule has 0 saturated carbocycles. The average molecular weight is 497 g/mol. The molecule has 1 saturated heterocycles. The van der Waals surface area contributed by atoms with Gasteiger partial charge in [-0.15, -0.1) is 0 Å². The van der Waals surface area contributed by atoms with Gasteiger partial charge >= 0.3 is 0 Å². The van der Waals surface area contributed by atoms with E-state index in [1.807, 2.05) is 18.2 Å². The molecule has 0 atom stereocenters. The van der Waals surface area contributed by atoms with Crippen LogP contribution in [0.25, 0.3) is 0 Å². The maximum absolute atomic E-state index is 6.58. The molecule has 8 nitrogen and oxygen atoms in total. The van der Waals surface area contributed by atoms with Gasteiger partial charge in [0, 0.05) is 32.2 Å². The van der Waals surface area contributed by atoms with Crippen LogP contribution in [0.2, 0.25) is 0 Å². The van der Waals surface area contributed by atoms with Gasteiger partial charge in [-0.25, -0.2) is 9.97 Å². The summed E-state index contributed by atoms with van der Waals surface area (Å²) in [6.45, 7) is 3.38. The lowest BCUT2D eigenvalue weighted by Gasteiger charge is -2.40. The summed E-state index contributed by atoms with van der Waals surface area (Å²) < 4.78 is 10.8. The predicted molar refractivity (Wildman–Crippen MR) is 148 cm³/mol. The lowest BCUT2D eigenvalue weighted by atomic mass is 9.96. The summed E-state index contributed by atoms with van der Waals surface area (Å²) in [4.78, 5) is 13.7. The van der Waals surface area contributed by atoms with Crippen molar-refractivity contribution < 1.29 is 9.47 Å². The van der Waals surface area contributed by atoms with Gasteiger partial charge in [-0.3, -0.25) is 4.90 Å². The van der Waals surface area contributed by atoms with Gasteiger partial charge < -0.3 is 25.4 Å². The molecule has 190 valence electrons. The molecule has 0 radical (unpaired) electrons. The van der Waals surface area contributed by atoms with Crippen LogP contribution in [0.3, 0.4) is 0 Å². The van der Waals surface area contributed by atoms with Gasteiger partial charge in [-0.2, -0.15) is 0 Å². The number of anilines is 4. The first-order chi connectivity index (χ1) is 18.2. The summed E-state index contributed by atoms with van der Waals surface area (Å²) >= 11 is 0. The molecule has 0 spiro atoms. The zero-order valence-electron chi connectivity index (χ0n) is 21.2. The van der Waals surface area contributed by atoms with Crippen molar-refractivity contribution in [3.63, 3.8) is 0 Å². The summed E-state index contributed by atoms with van der Waals surface area (Å²) in [5.41, 5.74) is 10.4. The van der Waals surface area contributed by atoms with Gasteiger partial charge in [0.1, 0.15) is 23.5 Å². The number of nitrogens with zero attached hydrogens (tertiary/aromatic N) is 4. The van der Waals surface area contributed by atoms with Crippen LogP contribution in [0.1, 0.15) is 17.2 Å². The number of hydrogen-bond acceptors (Lipinski definition) is 8. The predicted octanol–water partition coefficient (Wildman–Crippen LogP) is 4.73. The maximum atomic E-state index is 6.58. The minimum Gasteiger partial charge on any atom is -0.497 e. The Bertz CT molecular complexity index is 1270. The quantitative estimate of drug-likeness (QED) is 0.362. The molecule has 1 aromatic heterocycles. The molecule has 2 heterocycles. The van der Waals surface area contributed by atoms with Gasteiger partial charge in [-0.05, 0) is 23.3 Å². The van der Waals surface area contributed by atoms with E-state index < -0.39 is 0 Å². The van der Waals surface area contributed by atoms with Gasteiger partial charge in [0.25, 0.3) is 0 Å². The molecule has 1 fully saturated rings. The number of methoxy groups -OCH3 is 2. The van der Waals surface area contributed by atoms with Crippen LogP contribution in [-0.4, -0.2) is 55.3 Å². The summed E-state index contributed by atoms with van der Waals surface area (Å²) in [5.74, 6) is 2.63. The van der Waals surface area contributed by atoms with E-state index in [9.17, 15) is 0 Å². The van der Waals surface area contributed by atoms with Crippen molar-refractivity contribution in [3.8, 4) is 11.5 Å². The van der Waals surface area contributed by atoms with Crippen LogP contribution < -0.4 is 25.4 Å². The Labute approximate surface area is 217 Å². The second kappa shape index (κ2) is 11.2. The number of ether oxygens (including phenoxy) is 2. The number of nitrogen functional groups attached to an aromatic ring is 1. The normalized spacial score (nSPS) is 14.0. The average Bonchev–Trinajstić information content (AvgIpc) is 2.96. The second-order valence-electron chi connectivity index (χ2n) is 8.90. The topological polar surface area (TPSA) is 88.8 Å². The minimum atomic E-state index is 0.201. The molecule has 0 aliphatic carbocycles. The Morgan fingerprint density at radius 3 is 2.05 bits per heavy atom. The van der Waals surface area contributed by atoms with Gasteiger partial charge in [0.15, 0.2) is 11.6 Å². The number of benzene rings is 3. The van der Waals surface area contributed by atoms with Crippen molar-refractivity contribution in [1.82, 2.24) is 14.9 Å². The van der Waals surface area contributed by atoms with E-state index in [2.05, 4.69) is 85.7 Å². The first-order valence-electron chi connectivity index (χ1n) is 12.4. The van der Waals surface area contributed by atoms with E-state index in [1.54, 1.807) is 20.5 Å². The summed E-state index contributed by atoms with van der Waals surface area (Å²) in [6, 6.07) is 27.1. The molecule has 37 heavy (non-hydrogen) atoms. The largest absolute Gasteiger partial charge is 0.497 e. The van der Waals surface area contributed by atoms with Crippen LogP contribution in [0.15, 0.2) is 85.2 Å². The van der Waals surface area contributed by atoms with E-state index in [-0.39, 0.29) is 6.04 Å². The Hall–Kier alpha value is -4.30. The number of rotatable bonds is 8. The molecule has 1 aliphatic rings. The standard InChI is InChI=1S/C29H32N6O2/c1-36-23-13-14-24(25(19-23)37-2)33-28-26(30)29(32-20-31-28)35-17-15-34(16-18-35)27(21-9-5-3-6-10-21)22-11-7-4-8-12-22/h3-14,19-20,27H,15-18,30H2,1-2H3,(H,31,32,33). The molecule has 0 amide bonds. The van der Waals surface area contributed by atoms with Crippen molar-refractivity contribution in [1.29, 1.82) is 0 Å². The summed E-state index contributed by atoms with van der Waals surface area (Å²) in [5, 5.41) is 3.30. The highest BCUT2D eigenvalue weighted by Crippen LogP contribution is 2.35. The number of hydrogen-bond donors (Lipinski definition) is 2. The fourth-order valence-electron chi connectivity index (χ4n) is 4.84. The number of aromatic nitrogens is 2. The highest BCUT2D eigenvalue weighted by atomic mass is 16.5. The van der Waals surface area contributed by atoms with Crippen LogP contribution in [0, 0.1) is 0 Å². The van der Waals surface area contributed by atoms with Gasteiger partial charge in [-0.1, -0.05) is 60.7 Å². The van der Waals surface area contributed by atoms with E-state index in [0.717, 1.165) is 37.7 Å². The third-order valence-corrected chi connectivity index (χ3v) is 6.73. The summed E-state index contributed by atoms with van der Waals surface area (Å²) in [7, 11) is 3.24. The molecular weight excluding hydrogens is 464 g/mol. The monoisotopic (exact) mass is 496 g/mol. The molecule has 0 unspecified atom stereocenters. The Kier molecular flexibility index (Phi) is 7.37. The highest BCUT2D eigenvalue weighted by Gasteiger charge is 2.28. The van der Waals surface area contributed by atoms with Gasteiger partial charge in [0.05, 0.1) is 25.9 Å². The van der Waals surface area contributed by atoms with Gasteiger partial charge in [0.2, 0.25) is 0 Å². The smallest absolute Gasteiger partial charge is 0.159 e. The molecular formula is C29H32N6O2. The van der Waals surface area contributed by atoms with Crippen molar-refractivity contribution in [2.45, 2.75) is 6.04 Å². The van der Waals surface area contributed by atoms with E-state index in [0.29, 0.717) is 23.0 Å². The molecule has 8 heteroatoms. The van der Waals surface area contributed by atoms with Crippen LogP contribution >= 0.6 is 0 Å². The van der Waals surface area contributed by atoms with Crippen LogP contribution in [0.5, 0.6) is 11.5 Å². The number of nitrogens with one attached hydrogen (secondary N) is 1. The third-order valence-electron chi connectivity index (χ3n) is 6.73. The highest BCUT2D eigenvalue weighted by molar-refractivity contribution is 5.80. The Morgan fingerprint density at radius 1 is 0.811 bits per heavy atom. The first-order valence-corrected chi connectivity index (χ1v) is 12.4. The van der Waals surface area contributed by atoms with E-state index in [4.69, 9.17) is 15.2 Å². The molecule has 3 N–H and O–H groups in total. The Balaban J connectivity index is 1.34. The maximum Gasteiger partial charge on any atom is 0.159 e. The number of nitrogens with two attached hydrogens (primary N) is 1. The first kappa shape index (κ1) is 24.4. The van der Waals surface area contributed by atoms with Crippen LogP contribution in [0.4, 0.5) is 23.0 Å². The zero-order valence-corrected chi connectivity index (χ0v) is 21.2. The Morgan fingerprint density at radius 2 is 1.46 bits per heavy atom. The SMILES string of the molecule is COc1ccc(Nc2ncnc(N3CCN(C(c4ccccc4)c4ccccc4)CC3)c2N)c(OC)c1. The molecule has 3 aromatic carbocycles. The lowest BCUT2D eigenvalue weighted by Crippen LogP contribution is -2.48. The number of piperazine rings is 1. The molecule has 5 rings (SSSR count). The van der Waals surface area contributed by atoms with Crippen molar-refractivity contribution in [2.75, 3.05) is 56.3 Å². The van der Waals surface area contributed by atoms with Crippen molar-refractivity contribution >= 4 is 23.0 Å². The summed E-state index contributed by atoms with van der Waals surface area (Å²) in [6.07, 6.45) is 1.55. The van der Waals surface area contributed by atoms with Crippen molar-refractivity contribution in [2.24, 2.45) is 0 Å². The molecule has 0 bridgehead atoms. The fourth-order valence-corrected chi connectivity index (χ4v) is 4.84. The van der Waals surface area contributed by atoms with E-state index in [1.165, 1.54) is 11.1 Å². The van der Waals surface area contributed by atoms with Crippen LogP contribution in [-0.2, 0) is 0 Å².